The van der Waals surface area contributed by atoms with Crippen LogP contribution in [0, 0.1) is 0 Å². The van der Waals surface area contributed by atoms with Gasteiger partial charge in [-0.05, 0) is 79.3 Å². The van der Waals surface area contributed by atoms with Gasteiger partial charge in [0.2, 0.25) is 0 Å². The van der Waals surface area contributed by atoms with Crippen molar-refractivity contribution in [1.29, 1.82) is 0 Å². The van der Waals surface area contributed by atoms with E-state index in [0.29, 0.717) is 40.8 Å². The lowest BCUT2D eigenvalue weighted by Gasteiger charge is -2.14. The third-order valence-electron chi connectivity index (χ3n) is 5.81. The molecule has 0 N–H and O–H groups in total. The normalized spacial score (nSPS) is 11.3. The highest BCUT2D eigenvalue weighted by Crippen LogP contribution is 2.22. The zero-order valence-electron chi connectivity index (χ0n) is 19.1. The number of nitrogens with zero attached hydrogens (tertiary/aromatic N) is 2. The van der Waals surface area contributed by atoms with Crippen LogP contribution in [-0.2, 0) is 6.54 Å². The van der Waals surface area contributed by atoms with Crippen LogP contribution in [0.4, 0.5) is 0 Å². The van der Waals surface area contributed by atoms with Crippen molar-refractivity contribution >= 4 is 22.5 Å². The fourth-order valence-electron chi connectivity index (χ4n) is 3.88. The zero-order chi connectivity index (χ0) is 23.2. The van der Waals surface area contributed by atoms with Crippen LogP contribution in [-0.4, -0.2) is 16.2 Å². The van der Waals surface area contributed by atoms with Crippen molar-refractivity contribution in [3.05, 3.63) is 93.7 Å². The topological polar surface area (TPSA) is 44.1 Å². The summed E-state index contributed by atoms with van der Waals surface area (Å²) < 4.78 is 7.67. The predicted molar refractivity (Wildman–Crippen MR) is 136 cm³/mol. The van der Waals surface area contributed by atoms with Crippen LogP contribution in [0.2, 0.25) is 5.02 Å². The SMILES string of the molecule is CC(C)c1ccc(OCCCCCn2c(-c3ccc(Cl)cc3)nc3ccccc3c2=O)cc1. The maximum atomic E-state index is 13.2. The highest BCUT2D eigenvalue weighted by Gasteiger charge is 2.12. The van der Waals surface area contributed by atoms with Gasteiger partial charge in [0, 0.05) is 17.1 Å². The fraction of sp³-hybridized carbons (Fsp3) is 0.286. The first-order chi connectivity index (χ1) is 16.0. The summed E-state index contributed by atoms with van der Waals surface area (Å²) >= 11 is 6.06. The molecule has 0 saturated heterocycles. The van der Waals surface area contributed by atoms with Gasteiger partial charge < -0.3 is 4.74 Å². The van der Waals surface area contributed by atoms with Crippen molar-refractivity contribution in [3.63, 3.8) is 0 Å². The third kappa shape index (κ3) is 5.63. The van der Waals surface area contributed by atoms with E-state index in [-0.39, 0.29) is 5.56 Å². The fourth-order valence-corrected chi connectivity index (χ4v) is 4.01. The van der Waals surface area contributed by atoms with E-state index in [9.17, 15) is 4.79 Å². The Hall–Kier alpha value is -3.11. The van der Waals surface area contributed by atoms with E-state index < -0.39 is 0 Å². The van der Waals surface area contributed by atoms with Gasteiger partial charge in [0.25, 0.3) is 5.56 Å². The summed E-state index contributed by atoms with van der Waals surface area (Å²) in [5.41, 5.74) is 2.90. The first kappa shape index (κ1) is 23.1. The highest BCUT2D eigenvalue weighted by molar-refractivity contribution is 6.30. The van der Waals surface area contributed by atoms with Crippen LogP contribution in [0.1, 0.15) is 44.6 Å². The van der Waals surface area contributed by atoms with Crippen LogP contribution in [0.25, 0.3) is 22.3 Å². The Balaban J connectivity index is 1.41. The molecule has 0 saturated carbocycles. The maximum absolute atomic E-state index is 13.2. The largest absolute Gasteiger partial charge is 0.494 e. The second kappa shape index (κ2) is 10.7. The van der Waals surface area contributed by atoms with Gasteiger partial charge in [-0.1, -0.05) is 49.7 Å². The molecule has 0 amide bonds. The van der Waals surface area contributed by atoms with E-state index in [4.69, 9.17) is 21.3 Å². The van der Waals surface area contributed by atoms with Crippen LogP contribution < -0.4 is 10.3 Å². The Labute approximate surface area is 199 Å². The number of hydrogen-bond acceptors (Lipinski definition) is 3. The van der Waals surface area contributed by atoms with Gasteiger partial charge in [-0.2, -0.15) is 0 Å². The average molecular weight is 461 g/mol. The molecule has 0 atom stereocenters. The van der Waals surface area contributed by atoms with Gasteiger partial charge in [-0.15, -0.1) is 0 Å². The molecule has 5 heteroatoms. The Morgan fingerprint density at radius 1 is 0.909 bits per heavy atom. The van der Waals surface area contributed by atoms with Gasteiger partial charge in [0.05, 0.1) is 17.5 Å². The lowest BCUT2D eigenvalue weighted by atomic mass is 10.0. The first-order valence-corrected chi connectivity index (χ1v) is 11.9. The van der Waals surface area contributed by atoms with Crippen molar-refractivity contribution in [1.82, 2.24) is 9.55 Å². The molecule has 1 aromatic heterocycles. The number of ether oxygens (including phenoxy) is 1. The molecule has 170 valence electrons. The van der Waals surface area contributed by atoms with E-state index in [1.165, 1.54) is 5.56 Å². The monoisotopic (exact) mass is 460 g/mol. The van der Waals surface area contributed by atoms with Crippen LogP contribution in [0.5, 0.6) is 5.75 Å². The Morgan fingerprint density at radius 2 is 1.64 bits per heavy atom. The summed E-state index contributed by atoms with van der Waals surface area (Å²) in [7, 11) is 0. The standard InChI is InChI=1S/C28H29ClN2O2/c1-20(2)21-12-16-24(17-13-21)33-19-7-3-6-18-31-27(22-10-14-23(29)15-11-22)30-26-9-5-4-8-25(26)28(31)32/h4-5,8-17,20H,3,6-7,18-19H2,1-2H3. The molecule has 0 radical (unpaired) electrons. The van der Waals surface area contributed by atoms with Gasteiger partial charge in [0.1, 0.15) is 11.6 Å². The van der Waals surface area contributed by atoms with Crippen LogP contribution in [0.3, 0.4) is 0 Å². The minimum Gasteiger partial charge on any atom is -0.494 e. The molecule has 4 rings (SSSR count). The molecule has 0 bridgehead atoms. The average Bonchev–Trinajstić information content (AvgIpc) is 2.83. The number of unbranched alkanes of at least 4 members (excludes halogenated alkanes) is 2. The highest BCUT2D eigenvalue weighted by atomic mass is 35.5. The minimum absolute atomic E-state index is 0.00737. The number of aromatic nitrogens is 2. The van der Waals surface area contributed by atoms with E-state index in [1.54, 1.807) is 4.57 Å². The smallest absolute Gasteiger partial charge is 0.261 e. The molecule has 0 unspecified atom stereocenters. The molecule has 0 aliphatic rings. The lowest BCUT2D eigenvalue weighted by molar-refractivity contribution is 0.303. The number of halogens is 1. The second-order valence-corrected chi connectivity index (χ2v) is 8.99. The predicted octanol–water partition coefficient (Wildman–Crippen LogP) is 7.09. The molecule has 4 aromatic rings. The summed E-state index contributed by atoms with van der Waals surface area (Å²) in [5, 5.41) is 1.30. The maximum Gasteiger partial charge on any atom is 0.261 e. The van der Waals surface area contributed by atoms with Gasteiger partial charge in [0.15, 0.2) is 0 Å². The molecule has 1 heterocycles. The van der Waals surface area contributed by atoms with Gasteiger partial charge >= 0.3 is 0 Å². The summed E-state index contributed by atoms with van der Waals surface area (Å²) in [6.07, 6.45) is 2.76. The van der Waals surface area contributed by atoms with E-state index in [1.807, 2.05) is 60.7 Å². The van der Waals surface area contributed by atoms with Crippen LogP contribution >= 0.6 is 11.6 Å². The molecule has 0 aliphatic carbocycles. The number of fused-ring (bicyclic) bond motifs is 1. The Morgan fingerprint density at radius 3 is 2.36 bits per heavy atom. The summed E-state index contributed by atoms with van der Waals surface area (Å²) in [6, 6.07) is 23.3. The Kier molecular flexibility index (Phi) is 7.46. The lowest BCUT2D eigenvalue weighted by Crippen LogP contribution is -2.23. The molecular formula is C28H29ClN2O2. The molecule has 3 aromatic carbocycles. The molecule has 33 heavy (non-hydrogen) atoms. The first-order valence-electron chi connectivity index (χ1n) is 11.5. The third-order valence-corrected chi connectivity index (χ3v) is 6.06. The van der Waals surface area contributed by atoms with Gasteiger partial charge in [-0.25, -0.2) is 4.98 Å². The number of para-hydroxylation sites is 1. The molecule has 0 spiro atoms. The zero-order valence-corrected chi connectivity index (χ0v) is 19.9. The number of rotatable bonds is 9. The minimum atomic E-state index is -0.00737. The molecule has 4 nitrogen and oxygen atoms in total. The summed E-state index contributed by atoms with van der Waals surface area (Å²) in [4.78, 5) is 18.0. The summed E-state index contributed by atoms with van der Waals surface area (Å²) in [5.74, 6) is 2.10. The molecule has 0 aliphatic heterocycles. The van der Waals surface area contributed by atoms with Crippen molar-refractivity contribution in [2.45, 2.75) is 45.6 Å². The molecular weight excluding hydrogens is 432 g/mol. The Bertz CT molecular complexity index is 1260. The van der Waals surface area contributed by atoms with Crippen molar-refractivity contribution in [2.75, 3.05) is 6.61 Å². The van der Waals surface area contributed by atoms with Crippen molar-refractivity contribution in [2.24, 2.45) is 0 Å². The van der Waals surface area contributed by atoms with E-state index in [2.05, 4.69) is 26.0 Å². The van der Waals surface area contributed by atoms with E-state index >= 15 is 0 Å². The van der Waals surface area contributed by atoms with Crippen LogP contribution in [0.15, 0.2) is 77.6 Å². The van der Waals surface area contributed by atoms with Crippen molar-refractivity contribution < 1.29 is 4.74 Å². The number of benzene rings is 3. The molecule has 0 fully saturated rings. The van der Waals surface area contributed by atoms with Crippen molar-refractivity contribution in [3.8, 4) is 17.1 Å². The number of hydrogen-bond donors (Lipinski definition) is 0. The quantitative estimate of drug-likeness (QED) is 0.250. The van der Waals surface area contributed by atoms with Gasteiger partial charge in [-0.3, -0.25) is 9.36 Å². The second-order valence-electron chi connectivity index (χ2n) is 8.55. The summed E-state index contributed by atoms with van der Waals surface area (Å²) in [6.45, 7) is 5.64. The van der Waals surface area contributed by atoms with E-state index in [0.717, 1.165) is 30.6 Å².